The SMILES string of the molecule is [2H]C([2H])([2H])Oc1cc2nc(C)nc(N[C@H](C)c3cccc(C(F)(F)F)c3)c2cc1OCC1(COC)CC1. The maximum absolute atomic E-state index is 13.2. The average molecular weight is 479 g/mol. The van der Waals surface area contributed by atoms with Crippen LogP contribution < -0.4 is 14.8 Å². The Bertz CT molecular complexity index is 1280. The van der Waals surface area contributed by atoms with Crippen molar-refractivity contribution in [2.75, 3.05) is 32.7 Å². The number of ether oxygens (including phenoxy) is 3. The van der Waals surface area contributed by atoms with Crippen molar-refractivity contribution in [2.45, 2.75) is 38.9 Å². The molecule has 1 fully saturated rings. The number of nitrogens with one attached hydrogen (secondary N) is 1. The maximum atomic E-state index is 13.2. The van der Waals surface area contributed by atoms with E-state index in [4.69, 9.17) is 18.3 Å². The molecule has 1 heterocycles. The molecule has 6 nitrogen and oxygen atoms in total. The van der Waals surface area contributed by atoms with Crippen LogP contribution in [0.5, 0.6) is 11.5 Å². The van der Waals surface area contributed by atoms with Gasteiger partial charge in [0.2, 0.25) is 0 Å². The number of hydrogen-bond acceptors (Lipinski definition) is 6. The summed E-state index contributed by atoms with van der Waals surface area (Å²) in [6, 6.07) is 7.62. The second-order valence-corrected chi connectivity index (χ2v) is 8.75. The average Bonchev–Trinajstić information content (AvgIpc) is 3.56. The van der Waals surface area contributed by atoms with Crippen LogP contribution in [0.2, 0.25) is 0 Å². The number of aromatic nitrogens is 2. The summed E-state index contributed by atoms with van der Waals surface area (Å²) >= 11 is 0. The van der Waals surface area contributed by atoms with Crippen molar-refractivity contribution in [3.05, 3.63) is 53.3 Å². The van der Waals surface area contributed by atoms with Crippen molar-refractivity contribution >= 4 is 16.7 Å². The Kier molecular flexibility index (Phi) is 5.55. The van der Waals surface area contributed by atoms with Crippen LogP contribution in [0, 0.1) is 12.3 Å². The molecule has 1 saturated carbocycles. The summed E-state index contributed by atoms with van der Waals surface area (Å²) in [6.45, 7) is 4.21. The molecule has 4 rings (SSSR count). The highest BCUT2D eigenvalue weighted by atomic mass is 19.4. The number of halogens is 3. The van der Waals surface area contributed by atoms with Gasteiger partial charge in [-0.05, 0) is 50.5 Å². The first-order valence-electron chi connectivity index (χ1n) is 12.4. The van der Waals surface area contributed by atoms with Crippen LogP contribution in [0.25, 0.3) is 10.9 Å². The fourth-order valence-corrected chi connectivity index (χ4v) is 3.87. The van der Waals surface area contributed by atoms with Crippen molar-refractivity contribution in [1.29, 1.82) is 0 Å². The third-order valence-electron chi connectivity index (χ3n) is 5.99. The molecule has 0 spiro atoms. The van der Waals surface area contributed by atoms with E-state index in [0.29, 0.717) is 41.3 Å². The van der Waals surface area contributed by atoms with Gasteiger partial charge in [-0.2, -0.15) is 13.2 Å². The van der Waals surface area contributed by atoms with Gasteiger partial charge < -0.3 is 19.5 Å². The number of benzene rings is 2. The molecule has 3 aromatic rings. The molecule has 0 amide bonds. The van der Waals surface area contributed by atoms with Crippen LogP contribution in [-0.2, 0) is 10.9 Å². The van der Waals surface area contributed by atoms with E-state index < -0.39 is 24.8 Å². The third-order valence-corrected chi connectivity index (χ3v) is 5.99. The number of aryl methyl sites for hydroxylation is 1. The summed E-state index contributed by atoms with van der Waals surface area (Å²) in [5.74, 6) is 0.969. The van der Waals surface area contributed by atoms with Crippen molar-refractivity contribution in [2.24, 2.45) is 5.41 Å². The molecule has 0 saturated heterocycles. The maximum Gasteiger partial charge on any atom is 0.416 e. The lowest BCUT2D eigenvalue weighted by Gasteiger charge is -2.20. The van der Waals surface area contributed by atoms with E-state index in [1.54, 1.807) is 33.1 Å². The predicted octanol–water partition coefficient (Wildman–Crippen LogP) is 5.94. The van der Waals surface area contributed by atoms with Crippen LogP contribution in [0.3, 0.4) is 0 Å². The highest BCUT2D eigenvalue weighted by Crippen LogP contribution is 2.47. The summed E-state index contributed by atoms with van der Waals surface area (Å²) in [5, 5.41) is 3.68. The molecule has 9 heteroatoms. The Hall–Kier alpha value is -3.07. The summed E-state index contributed by atoms with van der Waals surface area (Å²) in [6.07, 6.45) is -2.61. The Morgan fingerprint density at radius 3 is 2.62 bits per heavy atom. The van der Waals surface area contributed by atoms with Crippen molar-refractivity contribution in [1.82, 2.24) is 9.97 Å². The zero-order chi connectivity index (χ0) is 27.0. The van der Waals surface area contributed by atoms with Gasteiger partial charge in [0.15, 0.2) is 11.5 Å². The highest BCUT2D eigenvalue weighted by Gasteiger charge is 2.43. The van der Waals surface area contributed by atoms with E-state index in [1.807, 2.05) is 0 Å². The van der Waals surface area contributed by atoms with Gasteiger partial charge in [0.25, 0.3) is 0 Å². The van der Waals surface area contributed by atoms with E-state index in [9.17, 15) is 13.2 Å². The second kappa shape index (κ2) is 9.29. The number of anilines is 1. The first-order valence-corrected chi connectivity index (χ1v) is 10.9. The Labute approximate surface area is 200 Å². The minimum Gasteiger partial charge on any atom is -0.493 e. The lowest BCUT2D eigenvalue weighted by atomic mass is 10.0. The highest BCUT2D eigenvalue weighted by molar-refractivity contribution is 5.92. The molecule has 34 heavy (non-hydrogen) atoms. The van der Waals surface area contributed by atoms with E-state index in [0.717, 1.165) is 25.0 Å². The number of rotatable bonds is 9. The van der Waals surface area contributed by atoms with Crippen LogP contribution in [0.15, 0.2) is 36.4 Å². The Balaban J connectivity index is 1.70. The van der Waals surface area contributed by atoms with Crippen LogP contribution >= 0.6 is 0 Å². The van der Waals surface area contributed by atoms with Crippen molar-refractivity contribution in [3.8, 4) is 11.5 Å². The number of nitrogens with zero attached hydrogens (tertiary/aromatic N) is 2. The molecule has 1 aliphatic carbocycles. The topological polar surface area (TPSA) is 65.5 Å². The smallest absolute Gasteiger partial charge is 0.416 e. The number of alkyl halides is 3. The van der Waals surface area contributed by atoms with E-state index in [-0.39, 0.29) is 16.9 Å². The van der Waals surface area contributed by atoms with Gasteiger partial charge in [0, 0.05) is 30.0 Å². The molecule has 0 aliphatic heterocycles. The van der Waals surface area contributed by atoms with Crippen LogP contribution in [0.1, 0.15) is 46.9 Å². The molecule has 0 bridgehead atoms. The third kappa shape index (κ3) is 5.19. The minimum absolute atomic E-state index is 0.00990. The van der Waals surface area contributed by atoms with Crippen LogP contribution in [0.4, 0.5) is 19.0 Å². The standard InChI is InChI=1S/C25H28F3N3O3/c1-15(17-6-5-7-18(10-17)25(26,27)28)29-23-19-11-22(34-14-24(8-9-24)13-32-3)21(33-4)12-20(19)30-16(2)31-23/h5-7,10-12,15H,8-9,13-14H2,1-4H3,(H,29,30,31)/t15-/m1/s1/i4D3. The van der Waals surface area contributed by atoms with Gasteiger partial charge in [-0.15, -0.1) is 0 Å². The molecule has 2 aromatic carbocycles. The van der Waals surface area contributed by atoms with Crippen LogP contribution in [-0.4, -0.2) is 37.3 Å². The molecule has 1 N–H and O–H groups in total. The fourth-order valence-electron chi connectivity index (χ4n) is 3.87. The number of methoxy groups -OCH3 is 2. The summed E-state index contributed by atoms with van der Waals surface area (Å²) < 4.78 is 78.8. The second-order valence-electron chi connectivity index (χ2n) is 8.75. The van der Waals surface area contributed by atoms with E-state index in [2.05, 4.69) is 15.3 Å². The zero-order valence-electron chi connectivity index (χ0n) is 22.1. The van der Waals surface area contributed by atoms with Crippen molar-refractivity contribution in [3.63, 3.8) is 0 Å². The van der Waals surface area contributed by atoms with Gasteiger partial charge in [0.1, 0.15) is 11.6 Å². The fraction of sp³-hybridized carbons (Fsp3) is 0.440. The first-order chi connectivity index (χ1) is 17.3. The Morgan fingerprint density at radius 2 is 1.94 bits per heavy atom. The molecule has 1 atom stereocenters. The molecular formula is C25H28F3N3O3. The largest absolute Gasteiger partial charge is 0.493 e. The molecule has 1 aromatic heterocycles. The molecule has 0 unspecified atom stereocenters. The molecule has 1 aliphatic rings. The van der Waals surface area contributed by atoms with Gasteiger partial charge in [-0.1, -0.05) is 12.1 Å². The normalized spacial score (nSPS) is 17.4. The quantitative estimate of drug-likeness (QED) is 0.410. The lowest BCUT2D eigenvalue weighted by molar-refractivity contribution is -0.137. The summed E-state index contributed by atoms with van der Waals surface area (Å²) in [4.78, 5) is 8.87. The minimum atomic E-state index is -4.46. The Morgan fingerprint density at radius 1 is 1.15 bits per heavy atom. The van der Waals surface area contributed by atoms with Gasteiger partial charge >= 0.3 is 6.18 Å². The van der Waals surface area contributed by atoms with E-state index in [1.165, 1.54) is 12.1 Å². The van der Waals surface area contributed by atoms with Gasteiger partial charge in [-0.25, -0.2) is 9.97 Å². The molecule has 182 valence electrons. The molecular weight excluding hydrogens is 447 g/mol. The van der Waals surface area contributed by atoms with Crippen molar-refractivity contribution < 1.29 is 31.5 Å². The monoisotopic (exact) mass is 478 g/mol. The first kappa shape index (κ1) is 20.3. The van der Waals surface area contributed by atoms with Gasteiger partial charge in [-0.3, -0.25) is 0 Å². The molecule has 0 radical (unpaired) electrons. The summed E-state index contributed by atoms with van der Waals surface area (Å²) in [5.41, 5.74) is -0.0529. The zero-order valence-corrected chi connectivity index (χ0v) is 19.1. The predicted molar refractivity (Wildman–Crippen MR) is 123 cm³/mol. The lowest BCUT2D eigenvalue weighted by Crippen LogP contribution is -2.18. The number of fused-ring (bicyclic) bond motifs is 1. The van der Waals surface area contributed by atoms with E-state index >= 15 is 0 Å². The van der Waals surface area contributed by atoms with Gasteiger partial charge in [0.05, 0.1) is 35.4 Å². The number of hydrogen-bond donors (Lipinski definition) is 1. The summed E-state index contributed by atoms with van der Waals surface area (Å²) in [7, 11) is -1.10.